The SMILES string of the molecule is NC1=NC(c2ccc(F)cc2)(c2ccc(F)cc2)C(=O)N1Cc1cccc(C(=O)N2CCC(n3c(=O)[nH]c4ncccc43)CC2)c1. The zero-order valence-electron chi connectivity index (χ0n) is 24.6. The molecule has 46 heavy (non-hydrogen) atoms. The van der Waals surface area contributed by atoms with Gasteiger partial charge in [0.1, 0.15) is 11.6 Å². The largest absolute Gasteiger partial charge is 0.369 e. The van der Waals surface area contributed by atoms with Gasteiger partial charge in [0.2, 0.25) is 0 Å². The number of piperidine rings is 1. The number of carbonyl (C=O) groups excluding carboxylic acids is 2. The van der Waals surface area contributed by atoms with E-state index in [9.17, 15) is 23.2 Å². The number of nitrogens with zero attached hydrogens (tertiary/aromatic N) is 5. The van der Waals surface area contributed by atoms with Crippen LogP contribution in [0.1, 0.15) is 45.9 Å². The molecule has 2 aromatic heterocycles. The molecule has 10 nitrogen and oxygen atoms in total. The summed E-state index contributed by atoms with van der Waals surface area (Å²) in [5.41, 5.74) is 7.65. The molecule has 0 radical (unpaired) electrons. The minimum Gasteiger partial charge on any atom is -0.369 e. The molecule has 2 aliphatic heterocycles. The predicted molar refractivity (Wildman–Crippen MR) is 167 cm³/mol. The Labute approximate surface area is 261 Å². The van der Waals surface area contributed by atoms with Crippen LogP contribution in [0.3, 0.4) is 0 Å². The molecule has 0 aliphatic carbocycles. The van der Waals surface area contributed by atoms with Crippen LogP contribution < -0.4 is 11.4 Å². The van der Waals surface area contributed by atoms with Gasteiger partial charge < -0.3 is 10.6 Å². The van der Waals surface area contributed by atoms with Crippen molar-refractivity contribution < 1.29 is 18.4 Å². The van der Waals surface area contributed by atoms with E-state index >= 15 is 0 Å². The first-order chi connectivity index (χ1) is 22.2. The zero-order valence-corrected chi connectivity index (χ0v) is 24.6. The highest BCUT2D eigenvalue weighted by atomic mass is 19.1. The Bertz CT molecular complexity index is 2000. The van der Waals surface area contributed by atoms with Crippen molar-refractivity contribution in [3.05, 3.63) is 135 Å². The number of H-pyrrole nitrogens is 1. The number of likely N-dealkylation sites (tertiary alicyclic amines) is 1. The second-order valence-corrected chi connectivity index (χ2v) is 11.5. The molecule has 0 saturated carbocycles. The lowest BCUT2D eigenvalue weighted by molar-refractivity contribution is -0.130. The fraction of sp³-hybridized carbons (Fsp3) is 0.206. The summed E-state index contributed by atoms with van der Waals surface area (Å²) in [5, 5.41) is 0. The molecular weight excluding hydrogens is 592 g/mol. The van der Waals surface area contributed by atoms with E-state index < -0.39 is 23.1 Å². The van der Waals surface area contributed by atoms with Crippen LogP contribution in [0.15, 0.2) is 101 Å². The Morgan fingerprint density at radius 1 is 0.913 bits per heavy atom. The fourth-order valence-electron chi connectivity index (χ4n) is 6.47. The molecule has 1 saturated heterocycles. The Morgan fingerprint density at radius 3 is 2.22 bits per heavy atom. The molecule has 12 heteroatoms. The number of carbonyl (C=O) groups is 2. The van der Waals surface area contributed by atoms with Crippen molar-refractivity contribution in [1.82, 2.24) is 24.3 Å². The highest BCUT2D eigenvalue weighted by Crippen LogP contribution is 2.40. The van der Waals surface area contributed by atoms with Crippen molar-refractivity contribution in [2.24, 2.45) is 10.7 Å². The van der Waals surface area contributed by atoms with Crippen LogP contribution in [0.5, 0.6) is 0 Å². The smallest absolute Gasteiger partial charge is 0.327 e. The summed E-state index contributed by atoms with van der Waals surface area (Å²) >= 11 is 0. The lowest BCUT2D eigenvalue weighted by Crippen LogP contribution is -2.43. The minimum absolute atomic E-state index is 0.0268. The van der Waals surface area contributed by atoms with Gasteiger partial charge in [-0.3, -0.25) is 24.0 Å². The molecule has 1 fully saturated rings. The summed E-state index contributed by atoms with van der Waals surface area (Å²) in [6.07, 6.45) is 2.85. The quantitative estimate of drug-likeness (QED) is 0.295. The molecule has 2 amide bonds. The van der Waals surface area contributed by atoms with Crippen molar-refractivity contribution >= 4 is 28.9 Å². The van der Waals surface area contributed by atoms with Gasteiger partial charge in [0, 0.05) is 30.9 Å². The third kappa shape index (κ3) is 4.91. The first kappa shape index (κ1) is 29.1. The number of nitrogens with one attached hydrogen (secondary N) is 1. The van der Waals surface area contributed by atoms with Crippen LogP contribution in [-0.4, -0.2) is 55.2 Å². The molecule has 5 aromatic rings. The molecule has 7 rings (SSSR count). The summed E-state index contributed by atoms with van der Waals surface area (Å²) in [5.74, 6) is -1.65. The summed E-state index contributed by atoms with van der Waals surface area (Å²) < 4.78 is 29.4. The maximum absolute atomic E-state index is 14.2. The fourth-order valence-corrected chi connectivity index (χ4v) is 6.47. The van der Waals surface area contributed by atoms with Gasteiger partial charge in [0.15, 0.2) is 17.1 Å². The molecule has 3 aromatic carbocycles. The molecule has 0 bridgehead atoms. The van der Waals surface area contributed by atoms with Gasteiger partial charge in [-0.2, -0.15) is 0 Å². The van der Waals surface area contributed by atoms with Gasteiger partial charge in [-0.25, -0.2) is 23.6 Å². The van der Waals surface area contributed by atoms with E-state index in [-0.39, 0.29) is 30.1 Å². The van der Waals surface area contributed by atoms with E-state index in [1.807, 2.05) is 6.07 Å². The second kappa shape index (κ2) is 11.4. The first-order valence-corrected chi connectivity index (χ1v) is 14.9. The highest BCUT2D eigenvalue weighted by molar-refractivity contribution is 6.09. The Kier molecular flexibility index (Phi) is 7.19. The van der Waals surface area contributed by atoms with Gasteiger partial charge in [-0.05, 0) is 78.1 Å². The molecular formula is C34H29F2N7O3. The molecule has 2 aliphatic rings. The van der Waals surface area contributed by atoms with E-state index in [1.54, 1.807) is 46.0 Å². The van der Waals surface area contributed by atoms with Crippen molar-refractivity contribution in [3.8, 4) is 0 Å². The Balaban J connectivity index is 1.10. The average Bonchev–Trinajstić information content (AvgIpc) is 3.54. The molecule has 0 unspecified atom stereocenters. The van der Waals surface area contributed by atoms with Crippen LogP contribution in [-0.2, 0) is 16.9 Å². The van der Waals surface area contributed by atoms with Gasteiger partial charge in [-0.1, -0.05) is 36.4 Å². The van der Waals surface area contributed by atoms with Crippen molar-refractivity contribution in [2.75, 3.05) is 13.1 Å². The van der Waals surface area contributed by atoms with Gasteiger partial charge >= 0.3 is 5.69 Å². The molecule has 0 atom stereocenters. The zero-order chi connectivity index (χ0) is 32.0. The lowest BCUT2D eigenvalue weighted by atomic mass is 9.82. The monoisotopic (exact) mass is 621 g/mol. The average molecular weight is 622 g/mol. The maximum Gasteiger partial charge on any atom is 0.327 e. The maximum atomic E-state index is 14.2. The number of halogens is 2. The number of nitrogens with two attached hydrogens (primary N) is 1. The number of rotatable bonds is 6. The van der Waals surface area contributed by atoms with E-state index in [0.717, 1.165) is 5.52 Å². The number of benzene rings is 3. The minimum atomic E-state index is -1.63. The number of aliphatic imine (C=N–C) groups is 1. The van der Waals surface area contributed by atoms with E-state index in [1.165, 1.54) is 53.4 Å². The Morgan fingerprint density at radius 2 is 1.57 bits per heavy atom. The predicted octanol–water partition coefficient (Wildman–Crippen LogP) is 4.08. The molecule has 4 heterocycles. The van der Waals surface area contributed by atoms with E-state index in [4.69, 9.17) is 5.73 Å². The number of amides is 2. The van der Waals surface area contributed by atoms with Crippen LogP contribution in [0, 0.1) is 11.6 Å². The number of hydrogen-bond acceptors (Lipinski definition) is 6. The third-order valence-electron chi connectivity index (χ3n) is 8.76. The summed E-state index contributed by atoms with van der Waals surface area (Å²) in [6.45, 7) is 0.962. The Hall–Kier alpha value is -5.65. The number of imidazole rings is 1. The van der Waals surface area contributed by atoms with Crippen LogP contribution >= 0.6 is 0 Å². The standard InChI is InChI=1S/C34H29F2N7O3/c35-25-10-6-23(7-11-25)34(24-8-12-26(36)13-9-24)31(45)42(32(37)40-34)20-21-3-1-4-22(19-21)30(44)41-17-14-27(15-18-41)43-28-5-2-16-38-29(28)39-33(43)46/h1-13,16,19,27H,14-15,17-18,20H2,(H2,37,40)(H,38,39,46). The summed E-state index contributed by atoms with van der Waals surface area (Å²) in [7, 11) is 0. The second-order valence-electron chi connectivity index (χ2n) is 11.5. The van der Waals surface area contributed by atoms with Gasteiger partial charge in [0.25, 0.3) is 11.8 Å². The third-order valence-corrected chi connectivity index (χ3v) is 8.76. The summed E-state index contributed by atoms with van der Waals surface area (Å²) in [4.78, 5) is 55.0. The topological polar surface area (TPSA) is 130 Å². The lowest BCUT2D eigenvalue weighted by Gasteiger charge is -2.32. The summed E-state index contributed by atoms with van der Waals surface area (Å²) in [6, 6.07) is 21.3. The highest BCUT2D eigenvalue weighted by Gasteiger charge is 2.50. The van der Waals surface area contributed by atoms with Gasteiger partial charge in [0.05, 0.1) is 12.1 Å². The number of fused-ring (bicyclic) bond motifs is 1. The molecule has 3 N–H and O–H groups in total. The van der Waals surface area contributed by atoms with E-state index in [0.29, 0.717) is 53.8 Å². The number of guanidine groups is 1. The van der Waals surface area contributed by atoms with E-state index in [2.05, 4.69) is 15.0 Å². The number of aromatic nitrogens is 3. The van der Waals surface area contributed by atoms with Crippen LogP contribution in [0.4, 0.5) is 8.78 Å². The first-order valence-electron chi connectivity index (χ1n) is 14.9. The van der Waals surface area contributed by atoms with Crippen LogP contribution in [0.2, 0.25) is 0 Å². The molecule has 232 valence electrons. The van der Waals surface area contributed by atoms with Crippen molar-refractivity contribution in [3.63, 3.8) is 0 Å². The number of hydrogen-bond donors (Lipinski definition) is 2. The van der Waals surface area contributed by atoms with Gasteiger partial charge in [-0.15, -0.1) is 0 Å². The normalized spacial score (nSPS) is 16.7. The number of pyridine rings is 1. The number of aromatic amines is 1. The van der Waals surface area contributed by atoms with Crippen LogP contribution in [0.25, 0.3) is 11.2 Å². The van der Waals surface area contributed by atoms with Crippen molar-refractivity contribution in [2.45, 2.75) is 31.0 Å². The van der Waals surface area contributed by atoms with Crippen molar-refractivity contribution in [1.29, 1.82) is 0 Å². The molecule has 0 spiro atoms.